The van der Waals surface area contributed by atoms with E-state index in [0.717, 1.165) is 0 Å². The molecule has 17 heavy (non-hydrogen) atoms. The first-order valence-electron chi connectivity index (χ1n) is 5.39. The van der Waals surface area contributed by atoms with Crippen LogP contribution < -0.4 is 0 Å². The fourth-order valence-electron chi connectivity index (χ4n) is 1.20. The molecular weight excluding hydrogens is 226 g/mol. The van der Waals surface area contributed by atoms with E-state index < -0.39 is 23.7 Å². The summed E-state index contributed by atoms with van der Waals surface area (Å²) in [5.41, 5.74) is -0.740. The van der Waals surface area contributed by atoms with E-state index >= 15 is 0 Å². The second kappa shape index (κ2) is 5.86. The third kappa shape index (κ3) is 5.04. The van der Waals surface area contributed by atoms with E-state index in [2.05, 4.69) is 4.74 Å². The van der Waals surface area contributed by atoms with Crippen LogP contribution in [0.2, 0.25) is 0 Å². The third-order valence-electron chi connectivity index (χ3n) is 1.92. The summed E-state index contributed by atoms with van der Waals surface area (Å²) in [6.07, 6.45) is -0.971. The quantitative estimate of drug-likeness (QED) is 0.467. The Labute approximate surface area is 101 Å². The lowest BCUT2D eigenvalue weighted by Crippen LogP contribution is -2.48. The van der Waals surface area contributed by atoms with Crippen molar-refractivity contribution in [1.82, 2.24) is 5.06 Å². The number of carbonyl (C=O) groups is 2. The summed E-state index contributed by atoms with van der Waals surface area (Å²) in [4.78, 5) is 23.0. The topological polar surface area (TPSA) is 76.1 Å². The van der Waals surface area contributed by atoms with Crippen molar-refractivity contribution in [3.05, 3.63) is 0 Å². The van der Waals surface area contributed by atoms with Crippen molar-refractivity contribution in [1.29, 1.82) is 0 Å². The number of carbonyl (C=O) groups excluding carboxylic acids is 2. The van der Waals surface area contributed by atoms with Gasteiger partial charge in [0.25, 0.3) is 0 Å². The summed E-state index contributed by atoms with van der Waals surface area (Å²) in [6.45, 7) is 8.38. The maximum absolute atomic E-state index is 11.6. The van der Waals surface area contributed by atoms with Gasteiger partial charge in [0.2, 0.25) is 0 Å². The van der Waals surface area contributed by atoms with Gasteiger partial charge in [-0.2, -0.15) is 5.06 Å². The predicted molar refractivity (Wildman–Crippen MR) is 60.5 cm³/mol. The largest absolute Gasteiger partial charge is 0.467 e. The molecule has 0 aromatic rings. The summed E-state index contributed by atoms with van der Waals surface area (Å²) in [6, 6.07) is -1.07. The Morgan fingerprint density at radius 2 is 1.71 bits per heavy atom. The van der Waals surface area contributed by atoms with Gasteiger partial charge in [-0.1, -0.05) is 13.8 Å². The van der Waals surface area contributed by atoms with E-state index in [9.17, 15) is 14.8 Å². The van der Waals surface area contributed by atoms with Gasteiger partial charge in [0.1, 0.15) is 5.60 Å². The summed E-state index contributed by atoms with van der Waals surface area (Å²) >= 11 is 0. The van der Waals surface area contributed by atoms with Crippen molar-refractivity contribution in [3.63, 3.8) is 0 Å². The van der Waals surface area contributed by atoms with Crippen molar-refractivity contribution >= 4 is 12.1 Å². The van der Waals surface area contributed by atoms with Crippen LogP contribution in [0.5, 0.6) is 0 Å². The van der Waals surface area contributed by atoms with Crippen molar-refractivity contribution in [2.45, 2.75) is 46.3 Å². The van der Waals surface area contributed by atoms with Crippen LogP contribution in [0, 0.1) is 5.92 Å². The highest BCUT2D eigenvalue weighted by Gasteiger charge is 2.35. The molecule has 0 aromatic carbocycles. The van der Waals surface area contributed by atoms with Crippen LogP contribution in [-0.2, 0) is 14.3 Å². The smallest absolute Gasteiger partial charge is 0.435 e. The monoisotopic (exact) mass is 247 g/mol. The zero-order chi connectivity index (χ0) is 13.8. The highest BCUT2D eigenvalue weighted by Crippen LogP contribution is 2.15. The molecule has 6 nitrogen and oxygen atoms in total. The molecule has 0 aliphatic rings. The Kier molecular flexibility index (Phi) is 5.41. The summed E-state index contributed by atoms with van der Waals surface area (Å²) in [7, 11) is 1.20. The number of methoxy groups -OCH3 is 1. The van der Waals surface area contributed by atoms with E-state index in [1.165, 1.54) is 7.11 Å². The summed E-state index contributed by atoms with van der Waals surface area (Å²) < 4.78 is 9.48. The van der Waals surface area contributed by atoms with Crippen LogP contribution in [0.3, 0.4) is 0 Å². The normalized spacial score (nSPS) is 13.2. The first kappa shape index (κ1) is 15.7. The molecule has 0 fully saturated rings. The molecule has 0 heterocycles. The van der Waals surface area contributed by atoms with Crippen molar-refractivity contribution in [2.24, 2.45) is 5.92 Å². The summed E-state index contributed by atoms with van der Waals surface area (Å²) in [5.74, 6) is -0.978. The first-order chi connectivity index (χ1) is 7.60. The Balaban J connectivity index is 4.79. The molecular formula is C11H21NO5. The minimum Gasteiger partial charge on any atom is -0.467 e. The molecule has 6 heteroatoms. The van der Waals surface area contributed by atoms with Gasteiger partial charge in [0.15, 0.2) is 6.04 Å². The maximum atomic E-state index is 11.6. The standard InChI is InChI=1S/C11H21NO5/c1-7(2)8(9(13)16-6)12(15)10(14)17-11(3,4)5/h7-8,15H,1-6H3/t8-/m0/s1. The predicted octanol–water partition coefficient (Wildman–Crippen LogP) is 1.81. The molecule has 0 spiro atoms. The third-order valence-corrected chi connectivity index (χ3v) is 1.92. The molecule has 0 bridgehead atoms. The lowest BCUT2D eigenvalue weighted by Gasteiger charge is -2.29. The lowest BCUT2D eigenvalue weighted by atomic mass is 10.0. The highest BCUT2D eigenvalue weighted by molar-refractivity contribution is 5.80. The lowest BCUT2D eigenvalue weighted by molar-refractivity contribution is -0.172. The Morgan fingerprint density at radius 1 is 1.24 bits per heavy atom. The van der Waals surface area contributed by atoms with Gasteiger partial charge in [0, 0.05) is 0 Å². The number of nitrogens with zero attached hydrogens (tertiary/aromatic N) is 1. The minimum atomic E-state index is -1.07. The molecule has 1 N–H and O–H groups in total. The number of hydroxylamine groups is 2. The van der Waals surface area contributed by atoms with Gasteiger partial charge in [-0.3, -0.25) is 5.21 Å². The molecule has 0 saturated carbocycles. The minimum absolute atomic E-state index is 0.280. The van der Waals surface area contributed by atoms with Crippen LogP contribution in [0.15, 0.2) is 0 Å². The number of ether oxygens (including phenoxy) is 2. The van der Waals surface area contributed by atoms with Crippen LogP contribution in [-0.4, -0.2) is 41.1 Å². The van der Waals surface area contributed by atoms with E-state index in [-0.39, 0.29) is 11.0 Å². The van der Waals surface area contributed by atoms with E-state index in [1.54, 1.807) is 34.6 Å². The average Bonchev–Trinajstić information content (AvgIpc) is 2.14. The van der Waals surface area contributed by atoms with Crippen LogP contribution in [0.25, 0.3) is 0 Å². The number of rotatable bonds is 3. The van der Waals surface area contributed by atoms with E-state index in [0.29, 0.717) is 0 Å². The van der Waals surface area contributed by atoms with Gasteiger partial charge < -0.3 is 9.47 Å². The molecule has 0 aromatic heterocycles. The van der Waals surface area contributed by atoms with Gasteiger partial charge in [0.05, 0.1) is 7.11 Å². The molecule has 0 aliphatic heterocycles. The van der Waals surface area contributed by atoms with Gasteiger partial charge >= 0.3 is 12.1 Å². The molecule has 100 valence electrons. The molecule has 0 unspecified atom stereocenters. The molecule has 1 atom stereocenters. The zero-order valence-electron chi connectivity index (χ0n) is 11.2. The Morgan fingerprint density at radius 3 is 2.00 bits per heavy atom. The van der Waals surface area contributed by atoms with Crippen LogP contribution in [0.4, 0.5) is 4.79 Å². The van der Waals surface area contributed by atoms with E-state index in [4.69, 9.17) is 4.74 Å². The fourth-order valence-corrected chi connectivity index (χ4v) is 1.20. The fraction of sp³-hybridized carbons (Fsp3) is 0.818. The Hall–Kier alpha value is -1.30. The summed E-state index contributed by atoms with van der Waals surface area (Å²) in [5, 5.41) is 9.95. The molecule has 0 radical (unpaired) electrons. The first-order valence-corrected chi connectivity index (χ1v) is 5.39. The molecule has 0 aliphatic carbocycles. The van der Waals surface area contributed by atoms with Crippen molar-refractivity contribution in [2.75, 3.05) is 7.11 Å². The van der Waals surface area contributed by atoms with Crippen molar-refractivity contribution < 1.29 is 24.3 Å². The zero-order valence-corrected chi connectivity index (χ0v) is 11.2. The average molecular weight is 247 g/mol. The van der Waals surface area contributed by atoms with Crippen LogP contribution >= 0.6 is 0 Å². The molecule has 0 saturated heterocycles. The number of amides is 1. The van der Waals surface area contributed by atoms with Gasteiger partial charge in [-0.05, 0) is 26.7 Å². The van der Waals surface area contributed by atoms with Gasteiger partial charge in [-0.25, -0.2) is 9.59 Å². The number of hydrogen-bond donors (Lipinski definition) is 1. The van der Waals surface area contributed by atoms with Crippen LogP contribution in [0.1, 0.15) is 34.6 Å². The number of hydrogen-bond acceptors (Lipinski definition) is 5. The highest BCUT2D eigenvalue weighted by atomic mass is 16.6. The van der Waals surface area contributed by atoms with Crippen molar-refractivity contribution in [3.8, 4) is 0 Å². The SMILES string of the molecule is COC(=O)[C@H](C(C)C)N(O)C(=O)OC(C)(C)C. The van der Waals surface area contributed by atoms with Gasteiger partial charge in [-0.15, -0.1) is 0 Å². The maximum Gasteiger partial charge on any atom is 0.435 e. The second-order valence-electron chi connectivity index (χ2n) is 5.04. The molecule has 0 rings (SSSR count). The Bertz CT molecular complexity index is 282. The number of esters is 1. The van der Waals surface area contributed by atoms with E-state index in [1.807, 2.05) is 0 Å². The molecule has 1 amide bonds. The second-order valence-corrected chi connectivity index (χ2v) is 5.04.